The minimum Gasteiger partial charge on any atom is -0.355 e. The van der Waals surface area contributed by atoms with Gasteiger partial charge in [0.25, 0.3) is 0 Å². The molecule has 0 unspecified atom stereocenters. The molecule has 76 valence electrons. The molecule has 0 saturated heterocycles. The van der Waals surface area contributed by atoms with Crippen molar-refractivity contribution in [3.05, 3.63) is 24.0 Å². The van der Waals surface area contributed by atoms with Crippen LogP contribution >= 0.6 is 0 Å². The SMILES string of the molecule is Cn1ccnc1NCCC1=CCCC1. The van der Waals surface area contributed by atoms with Gasteiger partial charge in [-0.05, 0) is 25.7 Å². The fraction of sp³-hybridized carbons (Fsp3) is 0.545. The van der Waals surface area contributed by atoms with Crippen molar-refractivity contribution in [2.75, 3.05) is 11.9 Å². The highest BCUT2D eigenvalue weighted by atomic mass is 15.2. The number of rotatable bonds is 4. The lowest BCUT2D eigenvalue weighted by atomic mass is 10.2. The monoisotopic (exact) mass is 191 g/mol. The van der Waals surface area contributed by atoms with Crippen molar-refractivity contribution in [2.45, 2.75) is 25.7 Å². The lowest BCUT2D eigenvalue weighted by Crippen LogP contribution is -2.06. The first-order valence-electron chi connectivity index (χ1n) is 5.25. The summed E-state index contributed by atoms with van der Waals surface area (Å²) >= 11 is 0. The fourth-order valence-electron chi connectivity index (χ4n) is 1.84. The van der Waals surface area contributed by atoms with E-state index in [1.54, 1.807) is 5.57 Å². The van der Waals surface area contributed by atoms with Crippen molar-refractivity contribution in [1.82, 2.24) is 9.55 Å². The van der Waals surface area contributed by atoms with E-state index >= 15 is 0 Å². The van der Waals surface area contributed by atoms with Gasteiger partial charge in [-0.15, -0.1) is 0 Å². The lowest BCUT2D eigenvalue weighted by Gasteiger charge is -2.06. The first-order chi connectivity index (χ1) is 6.86. The molecule has 0 spiro atoms. The Bertz CT molecular complexity index is 325. The summed E-state index contributed by atoms with van der Waals surface area (Å²) in [5.74, 6) is 0.962. The van der Waals surface area contributed by atoms with E-state index in [1.165, 1.54) is 19.3 Å². The summed E-state index contributed by atoms with van der Waals surface area (Å²) in [4.78, 5) is 4.21. The van der Waals surface area contributed by atoms with Gasteiger partial charge in [0.1, 0.15) is 0 Å². The summed E-state index contributed by atoms with van der Waals surface area (Å²) in [5.41, 5.74) is 1.60. The van der Waals surface area contributed by atoms with Crippen LogP contribution in [0.1, 0.15) is 25.7 Å². The molecule has 14 heavy (non-hydrogen) atoms. The van der Waals surface area contributed by atoms with E-state index in [2.05, 4.69) is 16.4 Å². The summed E-state index contributed by atoms with van der Waals surface area (Å²) in [6.45, 7) is 0.997. The largest absolute Gasteiger partial charge is 0.355 e. The Hall–Kier alpha value is -1.25. The van der Waals surface area contributed by atoms with E-state index in [9.17, 15) is 0 Å². The number of anilines is 1. The van der Waals surface area contributed by atoms with Crippen LogP contribution in [0.3, 0.4) is 0 Å². The van der Waals surface area contributed by atoms with Gasteiger partial charge in [0.2, 0.25) is 5.95 Å². The molecule has 3 nitrogen and oxygen atoms in total. The van der Waals surface area contributed by atoms with E-state index in [4.69, 9.17) is 0 Å². The molecule has 1 aliphatic carbocycles. The van der Waals surface area contributed by atoms with Crippen molar-refractivity contribution >= 4 is 5.95 Å². The molecule has 0 bridgehead atoms. The Labute approximate surface area is 84.8 Å². The standard InChI is InChI=1S/C11H17N3/c1-14-9-8-13-11(14)12-7-6-10-4-2-3-5-10/h4,8-9H,2-3,5-7H2,1H3,(H,12,13). The molecule has 0 aliphatic heterocycles. The van der Waals surface area contributed by atoms with E-state index in [0.717, 1.165) is 18.9 Å². The quantitative estimate of drug-likeness (QED) is 0.740. The highest BCUT2D eigenvalue weighted by molar-refractivity contribution is 5.25. The third-order valence-electron chi connectivity index (χ3n) is 2.69. The van der Waals surface area contributed by atoms with Crippen LogP contribution in [0.5, 0.6) is 0 Å². The minimum atomic E-state index is 0.962. The van der Waals surface area contributed by atoms with Crippen LogP contribution in [0.25, 0.3) is 0 Å². The van der Waals surface area contributed by atoms with Crippen molar-refractivity contribution in [3.63, 3.8) is 0 Å². The Morgan fingerprint density at radius 3 is 3.14 bits per heavy atom. The molecule has 1 N–H and O–H groups in total. The summed E-state index contributed by atoms with van der Waals surface area (Å²) < 4.78 is 2.00. The van der Waals surface area contributed by atoms with E-state index < -0.39 is 0 Å². The number of aryl methyl sites for hydroxylation is 1. The summed E-state index contributed by atoms with van der Waals surface area (Å²) in [6.07, 6.45) is 11.2. The van der Waals surface area contributed by atoms with Gasteiger partial charge in [0.15, 0.2) is 0 Å². The second kappa shape index (κ2) is 4.31. The second-order valence-corrected chi connectivity index (χ2v) is 3.79. The van der Waals surface area contributed by atoms with Gasteiger partial charge in [0.05, 0.1) is 0 Å². The topological polar surface area (TPSA) is 29.9 Å². The second-order valence-electron chi connectivity index (χ2n) is 3.79. The number of allylic oxidation sites excluding steroid dienone is 1. The van der Waals surface area contributed by atoms with Crippen LogP contribution in [0.2, 0.25) is 0 Å². The van der Waals surface area contributed by atoms with Gasteiger partial charge in [0, 0.05) is 26.0 Å². The highest BCUT2D eigenvalue weighted by Crippen LogP contribution is 2.20. The first kappa shape index (κ1) is 9.31. The number of hydrogen-bond acceptors (Lipinski definition) is 2. The van der Waals surface area contributed by atoms with E-state index in [-0.39, 0.29) is 0 Å². The van der Waals surface area contributed by atoms with E-state index in [1.807, 2.05) is 24.0 Å². The normalized spacial score (nSPS) is 15.6. The third-order valence-corrected chi connectivity index (χ3v) is 2.69. The minimum absolute atomic E-state index is 0.962. The Morgan fingerprint density at radius 1 is 1.57 bits per heavy atom. The van der Waals surface area contributed by atoms with Crippen molar-refractivity contribution in [2.24, 2.45) is 7.05 Å². The van der Waals surface area contributed by atoms with Gasteiger partial charge in [-0.1, -0.05) is 11.6 Å². The zero-order valence-electron chi connectivity index (χ0n) is 8.66. The molecule has 0 aromatic carbocycles. The number of nitrogens with zero attached hydrogens (tertiary/aromatic N) is 2. The maximum absolute atomic E-state index is 4.21. The Kier molecular flexibility index (Phi) is 2.87. The van der Waals surface area contributed by atoms with Gasteiger partial charge in [-0.3, -0.25) is 0 Å². The molecule has 0 atom stereocenters. The molecule has 1 aromatic heterocycles. The highest BCUT2D eigenvalue weighted by Gasteiger charge is 2.04. The van der Waals surface area contributed by atoms with Crippen LogP contribution in [0.4, 0.5) is 5.95 Å². The number of nitrogens with one attached hydrogen (secondary N) is 1. The molecular formula is C11H17N3. The summed E-state index contributed by atoms with van der Waals surface area (Å²) in [5, 5.41) is 3.33. The number of aromatic nitrogens is 2. The van der Waals surface area contributed by atoms with Crippen LogP contribution in [0, 0.1) is 0 Å². The summed E-state index contributed by atoms with van der Waals surface area (Å²) in [7, 11) is 2.00. The summed E-state index contributed by atoms with van der Waals surface area (Å²) in [6, 6.07) is 0. The average molecular weight is 191 g/mol. The fourth-order valence-corrected chi connectivity index (χ4v) is 1.84. The molecule has 1 heterocycles. The van der Waals surface area contributed by atoms with Gasteiger partial charge >= 0.3 is 0 Å². The zero-order chi connectivity index (χ0) is 9.80. The molecule has 1 aliphatic rings. The molecule has 1 aromatic rings. The van der Waals surface area contributed by atoms with Crippen LogP contribution < -0.4 is 5.32 Å². The molecule has 0 radical (unpaired) electrons. The Morgan fingerprint density at radius 2 is 2.50 bits per heavy atom. The van der Waals surface area contributed by atoms with Crippen LogP contribution in [-0.2, 0) is 7.05 Å². The van der Waals surface area contributed by atoms with Gasteiger partial charge in [-0.25, -0.2) is 4.98 Å². The van der Waals surface area contributed by atoms with Gasteiger partial charge in [-0.2, -0.15) is 0 Å². The molecule has 0 saturated carbocycles. The van der Waals surface area contributed by atoms with Crippen molar-refractivity contribution < 1.29 is 0 Å². The molecule has 0 amide bonds. The first-order valence-corrected chi connectivity index (χ1v) is 5.25. The van der Waals surface area contributed by atoms with E-state index in [0.29, 0.717) is 0 Å². The predicted molar refractivity (Wildman–Crippen MR) is 58.2 cm³/mol. The van der Waals surface area contributed by atoms with Crippen LogP contribution in [0.15, 0.2) is 24.0 Å². The smallest absolute Gasteiger partial charge is 0.202 e. The average Bonchev–Trinajstić information content (AvgIpc) is 2.78. The number of hydrogen-bond donors (Lipinski definition) is 1. The molecule has 0 fully saturated rings. The third kappa shape index (κ3) is 2.16. The maximum Gasteiger partial charge on any atom is 0.202 e. The lowest BCUT2D eigenvalue weighted by molar-refractivity contribution is 0.847. The Balaban J connectivity index is 1.75. The molecule has 2 rings (SSSR count). The van der Waals surface area contributed by atoms with Gasteiger partial charge < -0.3 is 9.88 Å². The maximum atomic E-state index is 4.21. The zero-order valence-corrected chi connectivity index (χ0v) is 8.66. The van der Waals surface area contributed by atoms with Crippen LogP contribution in [-0.4, -0.2) is 16.1 Å². The predicted octanol–water partition coefficient (Wildman–Crippen LogP) is 2.33. The number of imidazole rings is 1. The van der Waals surface area contributed by atoms with Crippen molar-refractivity contribution in [3.8, 4) is 0 Å². The molecule has 3 heteroatoms. The van der Waals surface area contributed by atoms with Crippen molar-refractivity contribution in [1.29, 1.82) is 0 Å². The molecular weight excluding hydrogens is 174 g/mol.